The lowest BCUT2D eigenvalue weighted by Crippen LogP contribution is -2.47. The molecular formula is C11H23N3O. The summed E-state index contributed by atoms with van der Waals surface area (Å²) in [6.07, 6.45) is 4.39. The lowest BCUT2D eigenvalue weighted by Gasteiger charge is -2.27. The van der Waals surface area contributed by atoms with Crippen LogP contribution >= 0.6 is 0 Å². The van der Waals surface area contributed by atoms with E-state index in [1.807, 2.05) is 19.0 Å². The van der Waals surface area contributed by atoms with E-state index in [2.05, 4.69) is 10.6 Å². The monoisotopic (exact) mass is 213 g/mol. The number of rotatable bonds is 5. The van der Waals surface area contributed by atoms with E-state index in [-0.39, 0.29) is 11.9 Å². The summed E-state index contributed by atoms with van der Waals surface area (Å²) < 4.78 is 0. The Morgan fingerprint density at radius 1 is 1.53 bits per heavy atom. The fourth-order valence-corrected chi connectivity index (χ4v) is 1.93. The minimum atomic E-state index is 0.0679. The highest BCUT2D eigenvalue weighted by Crippen LogP contribution is 2.09. The third kappa shape index (κ3) is 4.18. The van der Waals surface area contributed by atoms with E-state index in [1.165, 1.54) is 12.8 Å². The average Bonchev–Trinajstić information content (AvgIpc) is 2.29. The van der Waals surface area contributed by atoms with Crippen molar-refractivity contribution in [3.8, 4) is 0 Å². The molecule has 0 bridgehead atoms. The van der Waals surface area contributed by atoms with Gasteiger partial charge < -0.3 is 15.5 Å². The molecule has 0 aromatic carbocycles. The second kappa shape index (κ2) is 6.80. The number of amides is 1. The smallest absolute Gasteiger partial charge is 0.239 e. The third-order valence-corrected chi connectivity index (χ3v) is 2.90. The van der Waals surface area contributed by atoms with E-state index in [4.69, 9.17) is 0 Å². The lowest BCUT2D eigenvalue weighted by molar-refractivity contribution is -0.132. The van der Waals surface area contributed by atoms with Crippen molar-refractivity contribution in [2.45, 2.75) is 31.7 Å². The highest BCUT2D eigenvalue weighted by Gasteiger charge is 2.22. The van der Waals surface area contributed by atoms with Crippen molar-refractivity contribution in [1.29, 1.82) is 0 Å². The van der Waals surface area contributed by atoms with Crippen LogP contribution in [0.15, 0.2) is 0 Å². The normalized spacial score (nSPS) is 21.3. The molecule has 4 heteroatoms. The molecule has 1 fully saturated rings. The van der Waals surface area contributed by atoms with Gasteiger partial charge in [-0.05, 0) is 39.4 Å². The van der Waals surface area contributed by atoms with E-state index in [0.29, 0.717) is 0 Å². The molecule has 0 spiro atoms. The fourth-order valence-electron chi connectivity index (χ4n) is 1.93. The van der Waals surface area contributed by atoms with Crippen molar-refractivity contribution in [1.82, 2.24) is 15.5 Å². The van der Waals surface area contributed by atoms with E-state index in [9.17, 15) is 4.79 Å². The zero-order valence-electron chi connectivity index (χ0n) is 9.88. The van der Waals surface area contributed by atoms with Gasteiger partial charge in [0, 0.05) is 13.6 Å². The maximum absolute atomic E-state index is 11.9. The number of carbonyl (C=O) groups is 1. The van der Waals surface area contributed by atoms with Crippen LogP contribution in [0.1, 0.15) is 25.7 Å². The molecule has 1 aliphatic heterocycles. The van der Waals surface area contributed by atoms with Crippen LogP contribution in [-0.4, -0.2) is 50.6 Å². The summed E-state index contributed by atoms with van der Waals surface area (Å²) in [5.74, 6) is 0.255. The van der Waals surface area contributed by atoms with Crippen LogP contribution in [0.25, 0.3) is 0 Å². The molecule has 0 radical (unpaired) electrons. The number of hydrogen-bond acceptors (Lipinski definition) is 3. The summed E-state index contributed by atoms with van der Waals surface area (Å²) in [4.78, 5) is 13.8. The van der Waals surface area contributed by atoms with E-state index in [0.717, 1.165) is 32.5 Å². The summed E-state index contributed by atoms with van der Waals surface area (Å²) in [5, 5.41) is 6.37. The molecule has 1 amide bonds. The molecule has 0 unspecified atom stereocenters. The molecule has 0 saturated carbocycles. The summed E-state index contributed by atoms with van der Waals surface area (Å²) in [5.41, 5.74) is 0. The van der Waals surface area contributed by atoms with Gasteiger partial charge in [-0.2, -0.15) is 0 Å². The topological polar surface area (TPSA) is 44.4 Å². The molecule has 1 rings (SSSR count). The van der Waals surface area contributed by atoms with Gasteiger partial charge in [-0.25, -0.2) is 0 Å². The van der Waals surface area contributed by atoms with E-state index in [1.54, 1.807) is 0 Å². The Labute approximate surface area is 92.4 Å². The molecule has 0 aromatic rings. The minimum absolute atomic E-state index is 0.0679. The first kappa shape index (κ1) is 12.5. The quantitative estimate of drug-likeness (QED) is 0.641. The fraction of sp³-hybridized carbons (Fsp3) is 0.909. The Hall–Kier alpha value is -0.610. The van der Waals surface area contributed by atoms with Crippen molar-refractivity contribution in [2.24, 2.45) is 0 Å². The van der Waals surface area contributed by atoms with Gasteiger partial charge in [0.2, 0.25) is 5.91 Å². The maximum atomic E-state index is 11.9. The summed E-state index contributed by atoms with van der Waals surface area (Å²) >= 11 is 0. The van der Waals surface area contributed by atoms with Gasteiger partial charge >= 0.3 is 0 Å². The first-order chi connectivity index (χ1) is 7.25. The predicted molar refractivity (Wildman–Crippen MR) is 61.8 cm³/mol. The summed E-state index contributed by atoms with van der Waals surface area (Å²) in [6, 6.07) is 0.0679. The van der Waals surface area contributed by atoms with Crippen LogP contribution in [0.2, 0.25) is 0 Å². The standard InChI is InChI=1S/C11H23N3O/c1-12-7-5-9-14(2)11(15)10-6-3-4-8-13-10/h10,12-13H,3-9H2,1-2H3/t10-/m1/s1. The van der Waals surface area contributed by atoms with Crippen LogP contribution in [-0.2, 0) is 4.79 Å². The molecule has 1 atom stereocenters. The third-order valence-electron chi connectivity index (χ3n) is 2.90. The number of nitrogens with zero attached hydrogens (tertiary/aromatic N) is 1. The highest BCUT2D eigenvalue weighted by molar-refractivity contribution is 5.81. The minimum Gasteiger partial charge on any atom is -0.344 e. The van der Waals surface area contributed by atoms with Crippen LogP contribution in [0.3, 0.4) is 0 Å². The molecule has 0 aromatic heterocycles. The number of hydrogen-bond donors (Lipinski definition) is 2. The van der Waals surface area contributed by atoms with Crippen molar-refractivity contribution in [2.75, 3.05) is 33.7 Å². The van der Waals surface area contributed by atoms with Crippen molar-refractivity contribution >= 4 is 5.91 Å². The largest absolute Gasteiger partial charge is 0.344 e. The Bertz CT molecular complexity index is 190. The SMILES string of the molecule is CNCCCN(C)C(=O)[C@H]1CCCCN1. The molecule has 88 valence electrons. The van der Waals surface area contributed by atoms with E-state index >= 15 is 0 Å². The van der Waals surface area contributed by atoms with Gasteiger partial charge in [0.05, 0.1) is 6.04 Å². The zero-order valence-corrected chi connectivity index (χ0v) is 9.88. The number of nitrogens with one attached hydrogen (secondary N) is 2. The Morgan fingerprint density at radius 2 is 2.33 bits per heavy atom. The number of likely N-dealkylation sites (N-methyl/N-ethyl adjacent to an activating group) is 1. The second-order valence-corrected chi connectivity index (χ2v) is 4.22. The van der Waals surface area contributed by atoms with Crippen LogP contribution in [0.5, 0.6) is 0 Å². The number of piperidine rings is 1. The van der Waals surface area contributed by atoms with Gasteiger partial charge in [-0.3, -0.25) is 4.79 Å². The predicted octanol–water partition coefficient (Wildman–Crippen LogP) is 0.196. The lowest BCUT2D eigenvalue weighted by atomic mass is 10.0. The average molecular weight is 213 g/mol. The molecule has 15 heavy (non-hydrogen) atoms. The zero-order chi connectivity index (χ0) is 11.1. The molecule has 4 nitrogen and oxygen atoms in total. The first-order valence-electron chi connectivity index (χ1n) is 5.88. The molecular weight excluding hydrogens is 190 g/mol. The van der Waals surface area contributed by atoms with Crippen LogP contribution in [0.4, 0.5) is 0 Å². The summed E-state index contributed by atoms with van der Waals surface area (Å²) in [7, 11) is 3.83. The summed E-state index contributed by atoms with van der Waals surface area (Å²) in [6.45, 7) is 2.80. The van der Waals surface area contributed by atoms with Gasteiger partial charge in [0.25, 0.3) is 0 Å². The Balaban J connectivity index is 2.24. The Morgan fingerprint density at radius 3 is 2.93 bits per heavy atom. The van der Waals surface area contributed by atoms with Gasteiger partial charge in [0.1, 0.15) is 0 Å². The second-order valence-electron chi connectivity index (χ2n) is 4.22. The van der Waals surface area contributed by atoms with Crippen LogP contribution in [0, 0.1) is 0 Å². The van der Waals surface area contributed by atoms with E-state index < -0.39 is 0 Å². The molecule has 0 aliphatic carbocycles. The first-order valence-corrected chi connectivity index (χ1v) is 5.88. The van der Waals surface area contributed by atoms with Crippen molar-refractivity contribution in [3.05, 3.63) is 0 Å². The highest BCUT2D eigenvalue weighted by atomic mass is 16.2. The molecule has 1 saturated heterocycles. The Kier molecular flexibility index (Phi) is 5.65. The van der Waals surface area contributed by atoms with Crippen LogP contribution < -0.4 is 10.6 Å². The van der Waals surface area contributed by atoms with Gasteiger partial charge in [-0.15, -0.1) is 0 Å². The molecule has 1 aliphatic rings. The number of carbonyl (C=O) groups excluding carboxylic acids is 1. The van der Waals surface area contributed by atoms with Crippen molar-refractivity contribution in [3.63, 3.8) is 0 Å². The molecule has 1 heterocycles. The maximum Gasteiger partial charge on any atom is 0.239 e. The van der Waals surface area contributed by atoms with Gasteiger partial charge in [-0.1, -0.05) is 6.42 Å². The van der Waals surface area contributed by atoms with Crippen molar-refractivity contribution < 1.29 is 4.79 Å². The molecule has 2 N–H and O–H groups in total. The van der Waals surface area contributed by atoms with Gasteiger partial charge in [0.15, 0.2) is 0 Å².